The fourth-order valence-corrected chi connectivity index (χ4v) is 8.28. The first-order valence-corrected chi connectivity index (χ1v) is 17.4. The molecule has 0 atom stereocenters. The van der Waals surface area contributed by atoms with Crippen LogP contribution in [0.2, 0.25) is 0 Å². The third-order valence-electron chi connectivity index (χ3n) is 10.5. The minimum atomic E-state index is 0.872. The molecule has 3 heteroatoms. The van der Waals surface area contributed by atoms with Gasteiger partial charge in [0.25, 0.3) is 0 Å². The van der Waals surface area contributed by atoms with E-state index in [2.05, 4.69) is 185 Å². The van der Waals surface area contributed by atoms with E-state index in [-0.39, 0.29) is 0 Å². The van der Waals surface area contributed by atoms with Crippen molar-refractivity contribution in [2.45, 2.75) is 0 Å². The summed E-state index contributed by atoms with van der Waals surface area (Å²) in [5.41, 5.74) is 8.48. The average molecular weight is 651 g/mol. The van der Waals surface area contributed by atoms with Gasteiger partial charge in [0.1, 0.15) is 11.2 Å². The first-order chi connectivity index (χ1) is 25.3. The molecule has 0 aliphatic carbocycles. The fourth-order valence-electron chi connectivity index (χ4n) is 8.28. The molecule has 0 aliphatic heterocycles. The summed E-state index contributed by atoms with van der Waals surface area (Å²) < 4.78 is 8.81. The van der Waals surface area contributed by atoms with E-state index in [9.17, 15) is 0 Å². The van der Waals surface area contributed by atoms with Crippen molar-refractivity contribution in [1.82, 2.24) is 4.57 Å². The van der Waals surface area contributed by atoms with E-state index in [4.69, 9.17) is 4.42 Å². The van der Waals surface area contributed by atoms with Crippen molar-refractivity contribution in [2.24, 2.45) is 0 Å². The Bertz CT molecular complexity index is 3150. The van der Waals surface area contributed by atoms with E-state index in [1.165, 1.54) is 48.6 Å². The molecule has 0 saturated heterocycles. The van der Waals surface area contributed by atoms with Gasteiger partial charge in [-0.2, -0.15) is 0 Å². The lowest BCUT2D eigenvalue weighted by atomic mass is 9.96. The summed E-state index contributed by atoms with van der Waals surface area (Å²) in [6, 6.07) is 65.6. The van der Waals surface area contributed by atoms with Gasteiger partial charge in [-0.3, -0.25) is 0 Å². The van der Waals surface area contributed by atoms with E-state index in [0.717, 1.165) is 50.2 Å². The van der Waals surface area contributed by atoms with Crippen molar-refractivity contribution in [3.05, 3.63) is 182 Å². The first-order valence-electron chi connectivity index (χ1n) is 17.4. The normalized spacial score (nSPS) is 11.9. The van der Waals surface area contributed by atoms with Crippen molar-refractivity contribution >= 4 is 93.1 Å². The average Bonchev–Trinajstić information content (AvgIpc) is 3.74. The summed E-state index contributed by atoms with van der Waals surface area (Å²) >= 11 is 0. The number of benzene rings is 9. The molecule has 0 saturated carbocycles. The minimum Gasteiger partial charge on any atom is -0.456 e. The van der Waals surface area contributed by atoms with Crippen LogP contribution in [0.1, 0.15) is 0 Å². The van der Waals surface area contributed by atoms with Gasteiger partial charge in [0, 0.05) is 33.2 Å². The fraction of sp³-hybridized carbons (Fsp3) is 0. The van der Waals surface area contributed by atoms with Crippen LogP contribution >= 0.6 is 0 Å². The standard InChI is InChI=1S/C48H30N2O/c1-2-12-33(13-3-1)50-43-17-8-6-15-40(43)41-28-24-35(30-45(41)50)49(44-18-10-20-47-48(44)42-16-7-9-19-46(42)51-47)34-23-27-37-32(29-34)22-26-38-36-14-5-4-11-31(36)21-25-39(37)38/h1-30H. The molecule has 2 aromatic heterocycles. The molecular formula is C48H30N2O. The van der Waals surface area contributed by atoms with Gasteiger partial charge >= 0.3 is 0 Å². The molecule has 11 rings (SSSR count). The number of fused-ring (bicyclic) bond motifs is 11. The van der Waals surface area contributed by atoms with Gasteiger partial charge in [-0.05, 0) is 93.0 Å². The molecule has 0 aliphatic rings. The van der Waals surface area contributed by atoms with E-state index in [0.29, 0.717) is 0 Å². The Morgan fingerprint density at radius 2 is 0.980 bits per heavy atom. The van der Waals surface area contributed by atoms with E-state index >= 15 is 0 Å². The number of hydrogen-bond acceptors (Lipinski definition) is 2. The molecule has 0 amide bonds. The third-order valence-corrected chi connectivity index (χ3v) is 10.5. The van der Waals surface area contributed by atoms with E-state index in [1.54, 1.807) is 0 Å². The molecule has 9 aromatic carbocycles. The molecule has 0 radical (unpaired) electrons. The number of aromatic nitrogens is 1. The van der Waals surface area contributed by atoms with Crippen LogP contribution in [0.15, 0.2) is 186 Å². The molecule has 0 unspecified atom stereocenters. The van der Waals surface area contributed by atoms with Crippen molar-refractivity contribution in [1.29, 1.82) is 0 Å². The zero-order valence-corrected chi connectivity index (χ0v) is 27.6. The molecular weight excluding hydrogens is 621 g/mol. The van der Waals surface area contributed by atoms with Crippen LogP contribution in [0.5, 0.6) is 0 Å². The number of nitrogens with zero attached hydrogens (tertiary/aromatic N) is 2. The molecule has 0 spiro atoms. The Morgan fingerprint density at radius 1 is 0.373 bits per heavy atom. The summed E-state index contributed by atoms with van der Waals surface area (Å²) in [6.07, 6.45) is 0. The number of furan rings is 1. The molecule has 3 nitrogen and oxygen atoms in total. The smallest absolute Gasteiger partial charge is 0.137 e. The Balaban J connectivity index is 1.20. The van der Waals surface area contributed by atoms with Gasteiger partial charge < -0.3 is 13.9 Å². The van der Waals surface area contributed by atoms with Gasteiger partial charge in [0.2, 0.25) is 0 Å². The Morgan fingerprint density at radius 3 is 1.84 bits per heavy atom. The molecule has 0 N–H and O–H groups in total. The molecule has 238 valence electrons. The van der Waals surface area contributed by atoms with Crippen LogP contribution in [0.3, 0.4) is 0 Å². The predicted molar refractivity (Wildman–Crippen MR) is 215 cm³/mol. The van der Waals surface area contributed by atoms with Crippen molar-refractivity contribution < 1.29 is 4.42 Å². The van der Waals surface area contributed by atoms with Gasteiger partial charge in [-0.1, -0.05) is 121 Å². The topological polar surface area (TPSA) is 21.3 Å². The lowest BCUT2D eigenvalue weighted by molar-refractivity contribution is 0.669. The van der Waals surface area contributed by atoms with E-state index < -0.39 is 0 Å². The molecule has 2 heterocycles. The number of rotatable bonds is 4. The first kappa shape index (κ1) is 28.0. The van der Waals surface area contributed by atoms with Crippen LogP contribution in [0.4, 0.5) is 17.1 Å². The maximum absolute atomic E-state index is 6.42. The lowest BCUT2D eigenvalue weighted by Crippen LogP contribution is -2.10. The van der Waals surface area contributed by atoms with E-state index in [1.807, 2.05) is 6.07 Å². The van der Waals surface area contributed by atoms with Crippen molar-refractivity contribution in [3.63, 3.8) is 0 Å². The minimum absolute atomic E-state index is 0.872. The van der Waals surface area contributed by atoms with Crippen LogP contribution in [-0.2, 0) is 0 Å². The quantitative estimate of drug-likeness (QED) is 0.177. The second kappa shape index (κ2) is 10.8. The summed E-state index contributed by atoms with van der Waals surface area (Å²) in [5, 5.41) is 12.2. The van der Waals surface area contributed by atoms with Gasteiger partial charge in [0.05, 0.1) is 22.1 Å². The summed E-state index contributed by atoms with van der Waals surface area (Å²) in [5.74, 6) is 0. The lowest BCUT2D eigenvalue weighted by Gasteiger charge is -2.27. The highest BCUT2D eigenvalue weighted by Gasteiger charge is 2.22. The highest BCUT2D eigenvalue weighted by Crippen LogP contribution is 2.45. The monoisotopic (exact) mass is 650 g/mol. The third kappa shape index (κ3) is 4.19. The SMILES string of the molecule is c1ccc(-n2c3ccccc3c3ccc(N(c4ccc5c(ccc6c7ccccc7ccc56)c4)c4cccc5oc6ccccc6c45)cc32)cc1. The summed E-state index contributed by atoms with van der Waals surface area (Å²) in [4.78, 5) is 2.40. The van der Waals surface area contributed by atoms with Crippen LogP contribution in [0.25, 0.3) is 81.7 Å². The van der Waals surface area contributed by atoms with Crippen LogP contribution in [0, 0.1) is 0 Å². The molecule has 11 aromatic rings. The Hall–Kier alpha value is -6.84. The van der Waals surface area contributed by atoms with Crippen LogP contribution in [-0.4, -0.2) is 4.57 Å². The zero-order valence-electron chi connectivity index (χ0n) is 27.6. The van der Waals surface area contributed by atoms with Gasteiger partial charge in [-0.25, -0.2) is 0 Å². The highest BCUT2D eigenvalue weighted by molar-refractivity contribution is 6.19. The maximum Gasteiger partial charge on any atom is 0.137 e. The molecule has 51 heavy (non-hydrogen) atoms. The number of anilines is 3. The molecule has 0 bridgehead atoms. The predicted octanol–water partition coefficient (Wildman–Crippen LogP) is 13.6. The zero-order chi connectivity index (χ0) is 33.5. The summed E-state index contributed by atoms with van der Waals surface area (Å²) in [6.45, 7) is 0. The maximum atomic E-state index is 6.42. The highest BCUT2D eigenvalue weighted by atomic mass is 16.3. The number of hydrogen-bond donors (Lipinski definition) is 0. The largest absolute Gasteiger partial charge is 0.456 e. The molecule has 0 fully saturated rings. The van der Waals surface area contributed by atoms with Crippen LogP contribution < -0.4 is 4.90 Å². The van der Waals surface area contributed by atoms with Crippen molar-refractivity contribution in [3.8, 4) is 5.69 Å². The van der Waals surface area contributed by atoms with Gasteiger partial charge in [-0.15, -0.1) is 0 Å². The Kier molecular flexibility index (Phi) is 5.96. The summed E-state index contributed by atoms with van der Waals surface area (Å²) in [7, 11) is 0. The number of para-hydroxylation sites is 3. The van der Waals surface area contributed by atoms with Crippen molar-refractivity contribution in [2.75, 3.05) is 4.90 Å². The second-order valence-electron chi connectivity index (χ2n) is 13.3. The second-order valence-corrected chi connectivity index (χ2v) is 13.3. The van der Waals surface area contributed by atoms with Gasteiger partial charge in [0.15, 0.2) is 0 Å². The Labute approximate surface area is 293 Å².